The Morgan fingerprint density at radius 2 is 1.90 bits per heavy atom. The molecule has 4 N–H and O–H groups in total. The molecule has 0 fully saturated rings. The normalized spacial score (nSPS) is 12.0. The number of H-pyrrole nitrogens is 1. The number of carbonyl (C=O) groups excluding carboxylic acids is 1. The minimum absolute atomic E-state index is 0.0257. The number of aromatic nitrogens is 2. The van der Waals surface area contributed by atoms with E-state index in [1.165, 1.54) is 9.47 Å². The van der Waals surface area contributed by atoms with Crippen LogP contribution < -0.4 is 26.8 Å². The topological polar surface area (TPSA) is 106 Å². The Morgan fingerprint density at radius 1 is 1.24 bits per heavy atom. The monoisotopic (exact) mass is 422 g/mol. The fourth-order valence-corrected chi connectivity index (χ4v) is 3.33. The molecule has 1 aromatic carbocycles. The van der Waals surface area contributed by atoms with E-state index in [4.69, 9.17) is 17.3 Å². The molecule has 8 nitrogen and oxygen atoms in total. The number of nitrogens with zero attached hydrogens (tertiary/aromatic N) is 2. The summed E-state index contributed by atoms with van der Waals surface area (Å²) in [5.74, 6) is -0.213. The maximum absolute atomic E-state index is 12.9. The van der Waals surface area contributed by atoms with Gasteiger partial charge in [-0.1, -0.05) is 37.1 Å². The van der Waals surface area contributed by atoms with E-state index in [9.17, 15) is 14.4 Å². The summed E-state index contributed by atoms with van der Waals surface area (Å²) >= 11 is 5.91. The van der Waals surface area contributed by atoms with Crippen molar-refractivity contribution in [3.8, 4) is 0 Å². The van der Waals surface area contributed by atoms with Crippen LogP contribution >= 0.6 is 11.6 Å². The van der Waals surface area contributed by atoms with Crippen LogP contribution in [-0.4, -0.2) is 35.6 Å². The van der Waals surface area contributed by atoms with E-state index in [2.05, 4.69) is 4.98 Å². The van der Waals surface area contributed by atoms with E-state index in [-0.39, 0.29) is 30.5 Å². The molecule has 0 aliphatic carbocycles. The van der Waals surface area contributed by atoms with Crippen LogP contribution in [-0.2, 0) is 17.9 Å². The highest BCUT2D eigenvalue weighted by molar-refractivity contribution is 6.30. The Morgan fingerprint density at radius 3 is 2.48 bits per heavy atom. The zero-order chi connectivity index (χ0) is 21.6. The number of amides is 1. The Hall–Kier alpha value is -2.58. The van der Waals surface area contributed by atoms with Crippen molar-refractivity contribution in [3.63, 3.8) is 0 Å². The number of rotatable bonds is 9. The molecule has 0 radical (unpaired) electrons. The Bertz CT molecular complexity index is 952. The smallest absolute Gasteiger partial charge is 0.330 e. The average molecular weight is 423 g/mol. The Kier molecular flexibility index (Phi) is 8.04. The van der Waals surface area contributed by atoms with Gasteiger partial charge in [-0.15, -0.1) is 0 Å². The summed E-state index contributed by atoms with van der Waals surface area (Å²) in [4.78, 5) is 42.1. The van der Waals surface area contributed by atoms with Crippen molar-refractivity contribution < 1.29 is 9.69 Å². The lowest BCUT2D eigenvalue weighted by Crippen LogP contribution is -3.09. The van der Waals surface area contributed by atoms with Crippen LogP contribution in [0.4, 0.5) is 11.5 Å². The van der Waals surface area contributed by atoms with Crippen LogP contribution in [0.15, 0.2) is 33.9 Å². The van der Waals surface area contributed by atoms with E-state index in [1.54, 1.807) is 6.92 Å². The van der Waals surface area contributed by atoms with Crippen molar-refractivity contribution in [2.24, 2.45) is 0 Å². The van der Waals surface area contributed by atoms with Gasteiger partial charge in [0.25, 0.3) is 11.5 Å². The van der Waals surface area contributed by atoms with Gasteiger partial charge < -0.3 is 10.6 Å². The molecule has 1 amide bonds. The summed E-state index contributed by atoms with van der Waals surface area (Å²) in [5.41, 5.74) is 6.02. The number of likely N-dealkylation sites (N-methyl/N-ethyl adjacent to an activating group) is 2. The van der Waals surface area contributed by atoms with Gasteiger partial charge in [0.15, 0.2) is 12.2 Å². The quantitative estimate of drug-likeness (QED) is 0.551. The zero-order valence-electron chi connectivity index (χ0n) is 17.1. The summed E-state index contributed by atoms with van der Waals surface area (Å²) in [6.07, 6.45) is 1.61. The summed E-state index contributed by atoms with van der Waals surface area (Å²) in [6.45, 7) is 5.22. The highest BCUT2D eigenvalue weighted by Crippen LogP contribution is 2.17. The molecule has 2 aromatic rings. The predicted octanol–water partition coefficient (Wildman–Crippen LogP) is 0.640. The highest BCUT2D eigenvalue weighted by Gasteiger charge is 2.25. The van der Waals surface area contributed by atoms with E-state index < -0.39 is 11.2 Å². The number of nitrogens with two attached hydrogens (primary N) is 1. The second-order valence-electron chi connectivity index (χ2n) is 7.07. The van der Waals surface area contributed by atoms with Gasteiger partial charge in [-0.3, -0.25) is 24.0 Å². The molecule has 0 aliphatic heterocycles. The van der Waals surface area contributed by atoms with Gasteiger partial charge in [-0.2, -0.15) is 0 Å². The van der Waals surface area contributed by atoms with Crippen LogP contribution in [0.1, 0.15) is 32.3 Å². The highest BCUT2D eigenvalue weighted by atomic mass is 35.5. The minimum Gasteiger partial charge on any atom is -0.383 e. The van der Waals surface area contributed by atoms with Crippen LogP contribution in [0.2, 0.25) is 5.02 Å². The molecular weight excluding hydrogens is 394 g/mol. The number of hydrogen-bond acceptors (Lipinski definition) is 4. The second kappa shape index (κ2) is 10.3. The first-order valence-electron chi connectivity index (χ1n) is 9.77. The fraction of sp³-hybridized carbons (Fsp3) is 0.450. The summed E-state index contributed by atoms with van der Waals surface area (Å²) in [5, 5.41) is 0.660. The number of unbranched alkanes of at least 4 members (excludes halogenated alkanes) is 1. The van der Waals surface area contributed by atoms with Gasteiger partial charge in [0.1, 0.15) is 12.4 Å². The minimum atomic E-state index is -0.647. The number of quaternary nitrogens is 1. The van der Waals surface area contributed by atoms with Gasteiger partial charge in [-0.25, -0.2) is 4.79 Å². The molecule has 0 saturated carbocycles. The lowest BCUT2D eigenvalue weighted by Gasteiger charge is -2.24. The van der Waals surface area contributed by atoms with Gasteiger partial charge in [0.2, 0.25) is 0 Å². The molecule has 158 valence electrons. The maximum Gasteiger partial charge on any atom is 0.330 e. The largest absolute Gasteiger partial charge is 0.383 e. The maximum atomic E-state index is 12.9. The Labute approximate surface area is 174 Å². The van der Waals surface area contributed by atoms with Crippen molar-refractivity contribution in [1.29, 1.82) is 0 Å². The average Bonchev–Trinajstić information content (AvgIpc) is 2.66. The zero-order valence-corrected chi connectivity index (χ0v) is 17.9. The molecule has 9 heteroatoms. The number of halogens is 1. The van der Waals surface area contributed by atoms with Gasteiger partial charge >= 0.3 is 5.69 Å². The van der Waals surface area contributed by atoms with Crippen LogP contribution in [0.25, 0.3) is 0 Å². The molecule has 29 heavy (non-hydrogen) atoms. The number of nitrogen functional groups attached to an aromatic ring is 1. The predicted molar refractivity (Wildman–Crippen MR) is 116 cm³/mol. The first kappa shape index (κ1) is 22.7. The second-order valence-corrected chi connectivity index (χ2v) is 7.51. The third-order valence-electron chi connectivity index (χ3n) is 4.71. The fourth-order valence-electron chi connectivity index (χ4n) is 3.20. The molecule has 0 saturated heterocycles. The van der Waals surface area contributed by atoms with Crippen LogP contribution in [0, 0.1) is 0 Å². The first-order chi connectivity index (χ1) is 13.8. The standard InChI is InChI=1S/C20H28ClN5O3/c1-4-6-11-26-18(22)17(19(28)23-20(26)29)25(5-2)16(27)13-24(3)12-14-7-9-15(21)10-8-14/h7-10H,4-6,11-13,22H2,1-3H3,(H,23,28,29)/p+1. The molecule has 0 aliphatic rings. The van der Waals surface area contributed by atoms with Crippen molar-refractivity contribution in [2.75, 3.05) is 30.8 Å². The number of hydrogen-bond donors (Lipinski definition) is 3. The number of nitrogens with one attached hydrogen (secondary N) is 2. The van der Waals surface area contributed by atoms with Crippen LogP contribution in [0.3, 0.4) is 0 Å². The number of carbonyl (C=O) groups is 1. The van der Waals surface area contributed by atoms with E-state index in [0.29, 0.717) is 18.1 Å². The summed E-state index contributed by atoms with van der Waals surface area (Å²) in [6, 6.07) is 7.45. The molecule has 1 atom stereocenters. The van der Waals surface area contributed by atoms with Gasteiger partial charge in [-0.05, 0) is 25.5 Å². The molecular formula is C20H29ClN5O3+. The van der Waals surface area contributed by atoms with Crippen molar-refractivity contribution in [2.45, 2.75) is 39.8 Å². The lowest BCUT2D eigenvalue weighted by molar-refractivity contribution is -0.885. The third kappa shape index (κ3) is 5.71. The van der Waals surface area contributed by atoms with E-state index in [0.717, 1.165) is 23.3 Å². The number of aromatic amines is 1. The lowest BCUT2D eigenvalue weighted by atomic mass is 10.2. The van der Waals surface area contributed by atoms with Crippen molar-refractivity contribution in [1.82, 2.24) is 9.55 Å². The molecule has 1 unspecified atom stereocenters. The van der Waals surface area contributed by atoms with Crippen LogP contribution in [0.5, 0.6) is 0 Å². The molecule has 0 spiro atoms. The van der Waals surface area contributed by atoms with E-state index >= 15 is 0 Å². The third-order valence-corrected chi connectivity index (χ3v) is 4.96. The number of benzene rings is 1. The van der Waals surface area contributed by atoms with Crippen molar-refractivity contribution in [3.05, 3.63) is 55.7 Å². The SMILES string of the molecule is CCCCn1c(N)c(N(CC)C(=O)C[NH+](C)Cc2ccc(Cl)cc2)c(=O)[nH]c1=O. The molecule has 0 bridgehead atoms. The Balaban J connectivity index is 2.23. The summed E-state index contributed by atoms with van der Waals surface area (Å²) < 4.78 is 1.32. The van der Waals surface area contributed by atoms with Crippen molar-refractivity contribution >= 4 is 29.0 Å². The molecule has 1 heterocycles. The number of anilines is 2. The van der Waals surface area contributed by atoms with E-state index in [1.807, 2.05) is 38.2 Å². The molecule has 1 aromatic heterocycles. The first-order valence-corrected chi connectivity index (χ1v) is 10.1. The summed E-state index contributed by atoms with van der Waals surface area (Å²) in [7, 11) is 1.90. The van der Waals surface area contributed by atoms with Gasteiger partial charge in [0.05, 0.1) is 7.05 Å². The van der Waals surface area contributed by atoms with Gasteiger partial charge in [0, 0.05) is 23.7 Å². The molecule has 2 rings (SSSR count).